The summed E-state index contributed by atoms with van der Waals surface area (Å²) in [4.78, 5) is 17.5. The average Bonchev–Trinajstić information content (AvgIpc) is 3.00. The van der Waals surface area contributed by atoms with Crippen molar-refractivity contribution in [1.29, 1.82) is 0 Å². The maximum absolute atomic E-state index is 13.0. The van der Waals surface area contributed by atoms with Crippen LogP contribution < -0.4 is 0 Å². The lowest BCUT2D eigenvalue weighted by Crippen LogP contribution is -2.47. The predicted octanol–water partition coefficient (Wildman–Crippen LogP) is 1.38. The second-order valence-corrected chi connectivity index (χ2v) is 7.83. The van der Waals surface area contributed by atoms with Crippen LogP contribution in [0.4, 0.5) is 0 Å². The number of nitrogens with zero attached hydrogens (tertiary/aromatic N) is 4. The lowest BCUT2D eigenvalue weighted by atomic mass is 10.1. The number of amides is 1. The third-order valence-electron chi connectivity index (χ3n) is 5.55. The van der Waals surface area contributed by atoms with Gasteiger partial charge in [-0.15, -0.1) is 0 Å². The monoisotopic (exact) mass is 384 g/mol. The van der Waals surface area contributed by atoms with Crippen LogP contribution >= 0.6 is 0 Å². The van der Waals surface area contributed by atoms with E-state index in [4.69, 9.17) is 4.74 Å². The number of rotatable bonds is 6. The SMILES string of the molecule is O=C(Cc1cccc(O)c1)N1C[C@H]2COC[C@@H]1CN(CCCn1cccn1)C2. The number of hydrogen-bond acceptors (Lipinski definition) is 5. The first-order valence-electron chi connectivity index (χ1n) is 10.0. The summed E-state index contributed by atoms with van der Waals surface area (Å²) in [7, 11) is 0. The second kappa shape index (κ2) is 8.75. The van der Waals surface area contributed by atoms with Gasteiger partial charge in [0.05, 0.1) is 25.7 Å². The van der Waals surface area contributed by atoms with Gasteiger partial charge in [-0.25, -0.2) is 0 Å². The topological polar surface area (TPSA) is 70.8 Å². The highest BCUT2D eigenvalue weighted by Crippen LogP contribution is 2.22. The number of ether oxygens (including phenoxy) is 1. The van der Waals surface area contributed by atoms with Gasteiger partial charge in [-0.3, -0.25) is 9.48 Å². The van der Waals surface area contributed by atoms with Gasteiger partial charge < -0.3 is 19.6 Å². The molecule has 2 aromatic rings. The van der Waals surface area contributed by atoms with Gasteiger partial charge in [0.25, 0.3) is 0 Å². The summed E-state index contributed by atoms with van der Waals surface area (Å²) in [6.07, 6.45) is 5.16. The largest absolute Gasteiger partial charge is 0.508 e. The number of hydrogen-bond donors (Lipinski definition) is 1. The van der Waals surface area contributed by atoms with E-state index in [1.807, 2.05) is 34.1 Å². The van der Waals surface area contributed by atoms with Crippen LogP contribution in [0.5, 0.6) is 5.75 Å². The summed E-state index contributed by atoms with van der Waals surface area (Å²) in [5.74, 6) is 0.654. The van der Waals surface area contributed by atoms with E-state index in [2.05, 4.69) is 10.00 Å². The number of carbonyl (C=O) groups is 1. The smallest absolute Gasteiger partial charge is 0.227 e. The molecule has 2 bridgehead atoms. The lowest BCUT2D eigenvalue weighted by molar-refractivity contribution is -0.133. The van der Waals surface area contributed by atoms with Crippen molar-refractivity contribution in [3.63, 3.8) is 0 Å². The molecular formula is C21H28N4O3. The molecule has 7 nitrogen and oxygen atoms in total. The molecule has 0 saturated carbocycles. The van der Waals surface area contributed by atoms with Crippen molar-refractivity contribution < 1.29 is 14.6 Å². The van der Waals surface area contributed by atoms with Gasteiger partial charge in [0.15, 0.2) is 0 Å². The Morgan fingerprint density at radius 3 is 2.93 bits per heavy atom. The van der Waals surface area contributed by atoms with Gasteiger partial charge in [0.2, 0.25) is 5.91 Å². The molecule has 2 fully saturated rings. The number of aryl methyl sites for hydroxylation is 1. The highest BCUT2D eigenvalue weighted by molar-refractivity contribution is 5.79. The molecule has 28 heavy (non-hydrogen) atoms. The molecule has 3 heterocycles. The van der Waals surface area contributed by atoms with Crippen LogP contribution in [0.25, 0.3) is 0 Å². The Bertz CT molecular complexity index is 780. The Morgan fingerprint density at radius 1 is 1.18 bits per heavy atom. The molecule has 0 radical (unpaired) electrons. The molecule has 0 unspecified atom stereocenters. The number of carbonyl (C=O) groups excluding carboxylic acids is 1. The standard InChI is InChI=1S/C21H28N4O3/c26-20-5-1-4-17(10-20)11-21(27)25-13-18-12-23(14-19(25)16-28-15-18)7-3-9-24-8-2-6-22-24/h1-2,4-6,8,10,18-19,26H,3,7,9,11-16H2/t18-,19-/m0/s1. The summed E-state index contributed by atoms with van der Waals surface area (Å²) in [6.45, 7) is 5.78. The Kier molecular flexibility index (Phi) is 5.92. The highest BCUT2D eigenvalue weighted by Gasteiger charge is 2.35. The van der Waals surface area contributed by atoms with E-state index in [1.54, 1.807) is 18.2 Å². The zero-order valence-corrected chi connectivity index (χ0v) is 16.1. The van der Waals surface area contributed by atoms with E-state index in [0.717, 1.165) is 44.7 Å². The molecule has 0 spiro atoms. The number of fused-ring (bicyclic) bond motifs is 3. The van der Waals surface area contributed by atoms with E-state index >= 15 is 0 Å². The second-order valence-electron chi connectivity index (χ2n) is 7.83. The quantitative estimate of drug-likeness (QED) is 0.815. The van der Waals surface area contributed by atoms with Gasteiger partial charge >= 0.3 is 0 Å². The summed E-state index contributed by atoms with van der Waals surface area (Å²) in [6, 6.07) is 9.00. The minimum Gasteiger partial charge on any atom is -0.508 e. The number of benzene rings is 1. The molecule has 2 atom stereocenters. The van der Waals surface area contributed by atoms with Crippen LogP contribution in [0, 0.1) is 5.92 Å². The maximum atomic E-state index is 13.0. The Labute approximate surface area is 165 Å². The first-order chi connectivity index (χ1) is 13.7. The fraction of sp³-hybridized carbons (Fsp3) is 0.524. The van der Waals surface area contributed by atoms with Crippen LogP contribution in [0.15, 0.2) is 42.7 Å². The van der Waals surface area contributed by atoms with Crippen LogP contribution in [0.3, 0.4) is 0 Å². The summed E-state index contributed by atoms with van der Waals surface area (Å²) < 4.78 is 7.81. The number of phenols is 1. The van der Waals surface area contributed by atoms with Crippen molar-refractivity contribution in [2.45, 2.75) is 25.4 Å². The number of aromatic nitrogens is 2. The molecule has 4 rings (SSSR count). The zero-order chi connectivity index (χ0) is 19.3. The van der Waals surface area contributed by atoms with Crippen molar-refractivity contribution >= 4 is 5.91 Å². The van der Waals surface area contributed by atoms with Crippen LogP contribution in [0.2, 0.25) is 0 Å². The van der Waals surface area contributed by atoms with Gasteiger partial charge in [-0.1, -0.05) is 12.1 Å². The molecule has 1 aromatic heterocycles. The molecule has 0 aliphatic carbocycles. The van der Waals surface area contributed by atoms with Crippen LogP contribution in [-0.4, -0.2) is 76.0 Å². The van der Waals surface area contributed by atoms with Crippen molar-refractivity contribution in [2.75, 3.05) is 39.4 Å². The zero-order valence-electron chi connectivity index (χ0n) is 16.1. The van der Waals surface area contributed by atoms with Crippen molar-refractivity contribution in [2.24, 2.45) is 5.92 Å². The average molecular weight is 384 g/mol. The van der Waals surface area contributed by atoms with Crippen molar-refractivity contribution in [3.05, 3.63) is 48.3 Å². The first kappa shape index (κ1) is 19.0. The van der Waals surface area contributed by atoms with Crippen molar-refractivity contribution in [3.8, 4) is 5.75 Å². The fourth-order valence-corrected chi connectivity index (χ4v) is 4.26. The van der Waals surface area contributed by atoms with Gasteiger partial charge in [0, 0.05) is 44.5 Å². The molecule has 1 amide bonds. The molecule has 1 N–H and O–H groups in total. The predicted molar refractivity (Wildman–Crippen MR) is 105 cm³/mol. The summed E-state index contributed by atoms with van der Waals surface area (Å²) in [5, 5.41) is 13.9. The summed E-state index contributed by atoms with van der Waals surface area (Å²) in [5.41, 5.74) is 0.848. The third kappa shape index (κ3) is 4.72. The number of phenolic OH excluding ortho intramolecular Hbond substituents is 1. The maximum Gasteiger partial charge on any atom is 0.227 e. The van der Waals surface area contributed by atoms with Gasteiger partial charge in [-0.2, -0.15) is 5.10 Å². The first-order valence-corrected chi connectivity index (χ1v) is 10.0. The molecule has 7 heteroatoms. The van der Waals surface area contributed by atoms with E-state index in [9.17, 15) is 9.90 Å². The minimum atomic E-state index is 0.0852. The van der Waals surface area contributed by atoms with Crippen LogP contribution in [-0.2, 0) is 22.5 Å². The lowest BCUT2D eigenvalue weighted by Gasteiger charge is -2.31. The third-order valence-corrected chi connectivity index (χ3v) is 5.55. The van der Waals surface area contributed by atoms with Gasteiger partial charge in [0.1, 0.15) is 5.75 Å². The summed E-state index contributed by atoms with van der Waals surface area (Å²) >= 11 is 0. The van der Waals surface area contributed by atoms with Crippen LogP contribution in [0.1, 0.15) is 12.0 Å². The Balaban J connectivity index is 1.37. The van der Waals surface area contributed by atoms with Crippen molar-refractivity contribution in [1.82, 2.24) is 19.6 Å². The number of aromatic hydroxyl groups is 1. The van der Waals surface area contributed by atoms with E-state index in [-0.39, 0.29) is 17.7 Å². The highest BCUT2D eigenvalue weighted by atomic mass is 16.5. The fourth-order valence-electron chi connectivity index (χ4n) is 4.26. The normalized spacial score (nSPS) is 22.8. The molecular weight excluding hydrogens is 356 g/mol. The van der Waals surface area contributed by atoms with Gasteiger partial charge in [-0.05, 0) is 36.7 Å². The Morgan fingerprint density at radius 2 is 2.11 bits per heavy atom. The molecule has 2 saturated heterocycles. The van der Waals surface area contributed by atoms with E-state index in [0.29, 0.717) is 25.6 Å². The van der Waals surface area contributed by atoms with E-state index < -0.39 is 0 Å². The molecule has 2 aliphatic rings. The Hall–Kier alpha value is -2.38. The molecule has 150 valence electrons. The molecule has 1 aromatic carbocycles. The minimum absolute atomic E-state index is 0.0852. The van der Waals surface area contributed by atoms with E-state index in [1.165, 1.54) is 0 Å². The molecule has 2 aliphatic heterocycles.